The molecule has 228 valence electrons. The zero-order valence-corrected chi connectivity index (χ0v) is 27.2. The van der Waals surface area contributed by atoms with Gasteiger partial charge in [0.05, 0.1) is 0 Å². The van der Waals surface area contributed by atoms with Crippen LogP contribution in [-0.4, -0.2) is 0 Å². The topological polar surface area (TPSA) is 3.24 Å². The molecule has 0 unspecified atom stereocenters. The second kappa shape index (κ2) is 11.1. The van der Waals surface area contributed by atoms with Crippen LogP contribution in [0.15, 0.2) is 176 Å². The summed E-state index contributed by atoms with van der Waals surface area (Å²) in [6.45, 7) is 4.71. The van der Waals surface area contributed by atoms with Gasteiger partial charge < -0.3 is 4.90 Å². The highest BCUT2D eigenvalue weighted by Gasteiger charge is 2.35. The Bertz CT molecular complexity index is 2470. The molecule has 0 amide bonds. The molecule has 8 aromatic rings. The third-order valence-electron chi connectivity index (χ3n) is 10.2. The average molecular weight is 614 g/mol. The van der Waals surface area contributed by atoms with Gasteiger partial charge in [0.1, 0.15) is 0 Å². The number of rotatable bonds is 5. The molecule has 1 heteroatoms. The lowest BCUT2D eigenvalue weighted by molar-refractivity contribution is 0.660. The standard InChI is InChI=1S/C47H35N/c1-47(2)44-21-9-8-19-42(44)43-29-28-39(31-45(43)47)48(37-26-24-33(25-27-37)32-12-4-3-5-13-32)38-17-10-16-36(30-38)41-20-11-15-35-23-22-34-14-6-7-18-40(34)46(35)41/h3-31H,1-2H3. The van der Waals surface area contributed by atoms with E-state index in [1.807, 2.05) is 0 Å². The van der Waals surface area contributed by atoms with Crippen molar-refractivity contribution in [3.8, 4) is 33.4 Å². The van der Waals surface area contributed by atoms with Gasteiger partial charge in [-0.2, -0.15) is 0 Å². The van der Waals surface area contributed by atoms with Gasteiger partial charge in [0.25, 0.3) is 0 Å². The maximum atomic E-state index is 2.42. The highest BCUT2D eigenvalue weighted by Crippen LogP contribution is 2.51. The highest BCUT2D eigenvalue weighted by atomic mass is 15.1. The lowest BCUT2D eigenvalue weighted by atomic mass is 9.82. The summed E-state index contributed by atoms with van der Waals surface area (Å²) in [7, 11) is 0. The smallest absolute Gasteiger partial charge is 0.0467 e. The average Bonchev–Trinajstić information content (AvgIpc) is 3.38. The van der Waals surface area contributed by atoms with Gasteiger partial charge in [-0.3, -0.25) is 0 Å². The van der Waals surface area contributed by atoms with Crippen LogP contribution >= 0.6 is 0 Å². The van der Waals surface area contributed by atoms with E-state index in [-0.39, 0.29) is 5.41 Å². The van der Waals surface area contributed by atoms with Crippen LogP contribution in [-0.2, 0) is 5.41 Å². The van der Waals surface area contributed by atoms with Gasteiger partial charge >= 0.3 is 0 Å². The molecular formula is C47H35N. The van der Waals surface area contributed by atoms with Gasteiger partial charge in [0.2, 0.25) is 0 Å². The van der Waals surface area contributed by atoms with Gasteiger partial charge in [0.15, 0.2) is 0 Å². The Morgan fingerprint density at radius 2 is 0.979 bits per heavy atom. The molecule has 1 nitrogen and oxygen atoms in total. The van der Waals surface area contributed by atoms with Gasteiger partial charge in [0, 0.05) is 22.5 Å². The van der Waals surface area contributed by atoms with E-state index in [1.54, 1.807) is 0 Å². The quantitative estimate of drug-likeness (QED) is 0.175. The fourth-order valence-electron chi connectivity index (χ4n) is 7.82. The van der Waals surface area contributed by atoms with Gasteiger partial charge in [-0.25, -0.2) is 0 Å². The number of anilines is 3. The Kier molecular flexibility index (Phi) is 6.55. The van der Waals surface area contributed by atoms with Crippen LogP contribution in [0.4, 0.5) is 17.1 Å². The first-order chi connectivity index (χ1) is 23.6. The van der Waals surface area contributed by atoms with E-state index in [9.17, 15) is 0 Å². The summed E-state index contributed by atoms with van der Waals surface area (Å²) >= 11 is 0. The van der Waals surface area contributed by atoms with Gasteiger partial charge in [-0.05, 0) is 102 Å². The Morgan fingerprint density at radius 1 is 0.375 bits per heavy atom. The maximum absolute atomic E-state index is 2.42. The molecule has 1 aliphatic rings. The second-order valence-corrected chi connectivity index (χ2v) is 13.4. The van der Waals surface area contributed by atoms with Crippen molar-refractivity contribution in [1.82, 2.24) is 0 Å². The molecule has 0 aliphatic heterocycles. The first-order valence-electron chi connectivity index (χ1n) is 16.8. The zero-order chi connectivity index (χ0) is 32.2. The highest BCUT2D eigenvalue weighted by molar-refractivity contribution is 6.14. The molecule has 0 saturated heterocycles. The molecule has 0 heterocycles. The monoisotopic (exact) mass is 613 g/mol. The van der Waals surface area contributed by atoms with Crippen molar-refractivity contribution in [3.05, 3.63) is 187 Å². The minimum absolute atomic E-state index is 0.0867. The molecular weight excluding hydrogens is 579 g/mol. The fourth-order valence-corrected chi connectivity index (χ4v) is 7.82. The maximum Gasteiger partial charge on any atom is 0.0467 e. The van der Waals surface area contributed by atoms with Crippen molar-refractivity contribution >= 4 is 38.6 Å². The Morgan fingerprint density at radius 3 is 1.85 bits per heavy atom. The number of hydrogen-bond acceptors (Lipinski definition) is 1. The molecule has 0 N–H and O–H groups in total. The van der Waals surface area contributed by atoms with E-state index in [0.717, 1.165) is 17.1 Å². The third kappa shape index (κ3) is 4.54. The fraction of sp³-hybridized carbons (Fsp3) is 0.0638. The summed E-state index contributed by atoms with van der Waals surface area (Å²) in [5.74, 6) is 0. The van der Waals surface area contributed by atoms with E-state index in [1.165, 1.54) is 66.1 Å². The molecule has 9 rings (SSSR count). The third-order valence-corrected chi connectivity index (χ3v) is 10.2. The number of benzene rings is 8. The summed E-state index contributed by atoms with van der Waals surface area (Å²) in [6.07, 6.45) is 0. The van der Waals surface area contributed by atoms with E-state index in [2.05, 4.69) is 195 Å². The normalized spacial score (nSPS) is 13.0. The lowest BCUT2D eigenvalue weighted by Gasteiger charge is -2.28. The largest absolute Gasteiger partial charge is 0.310 e. The summed E-state index contributed by atoms with van der Waals surface area (Å²) < 4.78 is 0. The molecule has 0 fully saturated rings. The lowest BCUT2D eigenvalue weighted by Crippen LogP contribution is -2.16. The molecule has 8 aromatic carbocycles. The molecule has 0 aromatic heterocycles. The minimum atomic E-state index is -0.0867. The van der Waals surface area contributed by atoms with Crippen LogP contribution < -0.4 is 4.90 Å². The van der Waals surface area contributed by atoms with Crippen LogP contribution in [0, 0.1) is 0 Å². The molecule has 0 atom stereocenters. The van der Waals surface area contributed by atoms with E-state index in [0.29, 0.717) is 0 Å². The van der Waals surface area contributed by atoms with E-state index >= 15 is 0 Å². The molecule has 0 bridgehead atoms. The Balaban J connectivity index is 1.22. The SMILES string of the molecule is CC1(C)c2ccccc2-c2ccc(N(c3ccc(-c4ccccc4)cc3)c3cccc(-c4cccc5ccc6ccccc6c45)c3)cc21. The van der Waals surface area contributed by atoms with Crippen LogP contribution in [0.2, 0.25) is 0 Å². The number of fused-ring (bicyclic) bond motifs is 6. The summed E-state index contributed by atoms with van der Waals surface area (Å²) in [5.41, 5.74) is 13.6. The molecule has 0 radical (unpaired) electrons. The summed E-state index contributed by atoms with van der Waals surface area (Å²) in [6, 6.07) is 64.4. The predicted molar refractivity (Wildman–Crippen MR) is 205 cm³/mol. The van der Waals surface area contributed by atoms with Crippen LogP contribution in [0.3, 0.4) is 0 Å². The zero-order valence-electron chi connectivity index (χ0n) is 27.2. The molecule has 0 spiro atoms. The summed E-state index contributed by atoms with van der Waals surface area (Å²) in [4.78, 5) is 2.42. The van der Waals surface area contributed by atoms with Crippen molar-refractivity contribution in [2.24, 2.45) is 0 Å². The van der Waals surface area contributed by atoms with Crippen molar-refractivity contribution in [3.63, 3.8) is 0 Å². The number of hydrogen-bond donors (Lipinski definition) is 0. The van der Waals surface area contributed by atoms with Crippen LogP contribution in [0.25, 0.3) is 54.9 Å². The molecule has 1 aliphatic carbocycles. The van der Waals surface area contributed by atoms with Crippen molar-refractivity contribution in [1.29, 1.82) is 0 Å². The summed E-state index contributed by atoms with van der Waals surface area (Å²) in [5, 5.41) is 5.09. The molecule has 0 saturated carbocycles. The minimum Gasteiger partial charge on any atom is -0.310 e. The second-order valence-electron chi connectivity index (χ2n) is 13.4. The van der Waals surface area contributed by atoms with Crippen molar-refractivity contribution < 1.29 is 0 Å². The van der Waals surface area contributed by atoms with E-state index < -0.39 is 0 Å². The first kappa shape index (κ1) is 28.3. The van der Waals surface area contributed by atoms with Crippen LogP contribution in [0.1, 0.15) is 25.0 Å². The predicted octanol–water partition coefficient (Wildman–Crippen LogP) is 13.1. The first-order valence-corrected chi connectivity index (χ1v) is 16.8. The van der Waals surface area contributed by atoms with Crippen molar-refractivity contribution in [2.45, 2.75) is 19.3 Å². The van der Waals surface area contributed by atoms with Crippen LogP contribution in [0.5, 0.6) is 0 Å². The Hall–Kier alpha value is -5.92. The van der Waals surface area contributed by atoms with E-state index in [4.69, 9.17) is 0 Å². The van der Waals surface area contributed by atoms with Crippen molar-refractivity contribution in [2.75, 3.05) is 4.90 Å². The molecule has 48 heavy (non-hydrogen) atoms. The Labute approximate surface area is 282 Å². The van der Waals surface area contributed by atoms with Gasteiger partial charge in [-0.15, -0.1) is 0 Å². The number of nitrogens with zero attached hydrogens (tertiary/aromatic N) is 1. The van der Waals surface area contributed by atoms with Gasteiger partial charge in [-0.1, -0.05) is 153 Å².